The summed E-state index contributed by atoms with van der Waals surface area (Å²) in [7, 11) is 0. The Bertz CT molecular complexity index is 347. The van der Waals surface area contributed by atoms with Gasteiger partial charge in [-0.2, -0.15) is 5.26 Å². The van der Waals surface area contributed by atoms with Gasteiger partial charge in [0.2, 0.25) is 0 Å². The molecule has 1 atom stereocenters. The van der Waals surface area contributed by atoms with E-state index in [1.807, 2.05) is 13.8 Å². The molecule has 0 saturated carbocycles. The summed E-state index contributed by atoms with van der Waals surface area (Å²) < 4.78 is 0. The number of carbonyl (C=O) groups is 1. The van der Waals surface area contributed by atoms with E-state index in [0.29, 0.717) is 12.3 Å². The van der Waals surface area contributed by atoms with Crippen LogP contribution in [0.2, 0.25) is 0 Å². The molecule has 1 heterocycles. The minimum absolute atomic E-state index is 0.202. The number of hydrogen-bond donors (Lipinski definition) is 1. The van der Waals surface area contributed by atoms with E-state index in [-0.39, 0.29) is 5.41 Å². The molecular formula is C16H28N2O2. The molecule has 20 heavy (non-hydrogen) atoms. The van der Waals surface area contributed by atoms with Crippen LogP contribution in [0.1, 0.15) is 58.8 Å². The molecule has 4 heteroatoms. The highest BCUT2D eigenvalue weighted by Gasteiger charge is 2.21. The Morgan fingerprint density at radius 1 is 1.45 bits per heavy atom. The second-order valence-corrected chi connectivity index (χ2v) is 6.69. The number of likely N-dealkylation sites (tertiary alicyclic amines) is 1. The second kappa shape index (κ2) is 8.26. The molecule has 1 rings (SSSR count). The molecule has 0 amide bonds. The van der Waals surface area contributed by atoms with Crippen molar-refractivity contribution < 1.29 is 9.90 Å². The number of aliphatic carboxylic acids is 1. The molecule has 1 aliphatic heterocycles. The normalized spacial score (nSPS) is 20.6. The van der Waals surface area contributed by atoms with Crippen molar-refractivity contribution in [3.63, 3.8) is 0 Å². The van der Waals surface area contributed by atoms with E-state index in [0.717, 1.165) is 45.3 Å². The molecule has 0 spiro atoms. The molecule has 0 aromatic heterocycles. The van der Waals surface area contributed by atoms with Gasteiger partial charge < -0.3 is 10.0 Å². The Morgan fingerprint density at radius 2 is 2.20 bits per heavy atom. The fourth-order valence-electron chi connectivity index (χ4n) is 2.88. The van der Waals surface area contributed by atoms with Gasteiger partial charge in [-0.15, -0.1) is 0 Å². The van der Waals surface area contributed by atoms with Crippen LogP contribution >= 0.6 is 0 Å². The van der Waals surface area contributed by atoms with Crippen molar-refractivity contribution in [1.82, 2.24) is 4.90 Å². The van der Waals surface area contributed by atoms with Crippen LogP contribution in [0.4, 0.5) is 0 Å². The van der Waals surface area contributed by atoms with Crippen LogP contribution in [0.3, 0.4) is 0 Å². The van der Waals surface area contributed by atoms with Gasteiger partial charge in [-0.05, 0) is 65.0 Å². The molecule has 1 aliphatic rings. The minimum atomic E-state index is -0.680. The number of nitrogens with zero attached hydrogens (tertiary/aromatic N) is 2. The summed E-state index contributed by atoms with van der Waals surface area (Å²) in [6.07, 6.45) is 6.66. The molecule has 0 aliphatic carbocycles. The van der Waals surface area contributed by atoms with Crippen molar-refractivity contribution >= 4 is 5.97 Å². The highest BCUT2D eigenvalue weighted by Crippen LogP contribution is 2.24. The second-order valence-electron chi connectivity index (χ2n) is 6.69. The van der Waals surface area contributed by atoms with Crippen molar-refractivity contribution in [1.29, 1.82) is 5.26 Å². The SMILES string of the molecule is CC(C)(C#N)CCCCN1CCCC(CCC(=O)O)C1. The van der Waals surface area contributed by atoms with Crippen molar-refractivity contribution in [3.05, 3.63) is 0 Å². The third-order valence-electron chi connectivity index (χ3n) is 4.20. The lowest BCUT2D eigenvalue weighted by atomic mass is 9.89. The van der Waals surface area contributed by atoms with Gasteiger partial charge in [0.15, 0.2) is 0 Å². The molecule has 1 fully saturated rings. The van der Waals surface area contributed by atoms with Gasteiger partial charge in [-0.1, -0.05) is 6.42 Å². The maximum atomic E-state index is 10.6. The molecule has 114 valence electrons. The third-order valence-corrected chi connectivity index (χ3v) is 4.20. The number of unbranched alkanes of at least 4 members (excludes halogenated alkanes) is 1. The Morgan fingerprint density at radius 3 is 2.85 bits per heavy atom. The maximum Gasteiger partial charge on any atom is 0.303 e. The third kappa shape index (κ3) is 6.91. The Labute approximate surface area is 122 Å². The number of hydrogen-bond acceptors (Lipinski definition) is 3. The number of rotatable bonds is 8. The number of piperidine rings is 1. The van der Waals surface area contributed by atoms with Gasteiger partial charge in [-0.3, -0.25) is 4.79 Å². The standard InChI is InChI=1S/C16H28N2O2/c1-16(2,13-17)9-3-4-10-18-11-5-6-14(12-18)7-8-15(19)20/h14H,3-12H2,1-2H3,(H,19,20). The Hall–Kier alpha value is -1.08. The summed E-state index contributed by atoms with van der Waals surface area (Å²) in [4.78, 5) is 13.1. The summed E-state index contributed by atoms with van der Waals surface area (Å²) in [6, 6.07) is 2.34. The predicted octanol–water partition coefficient (Wildman–Crippen LogP) is 3.28. The van der Waals surface area contributed by atoms with Crippen LogP contribution in [0, 0.1) is 22.7 Å². The van der Waals surface area contributed by atoms with E-state index in [4.69, 9.17) is 10.4 Å². The number of carboxylic acids is 1. The van der Waals surface area contributed by atoms with Crippen molar-refractivity contribution in [2.75, 3.05) is 19.6 Å². The number of nitriles is 1. The zero-order chi connectivity index (χ0) is 15.0. The number of carboxylic acid groups (broad SMARTS) is 1. The predicted molar refractivity (Wildman–Crippen MR) is 79.3 cm³/mol. The van der Waals surface area contributed by atoms with Crippen LogP contribution < -0.4 is 0 Å². The lowest BCUT2D eigenvalue weighted by Crippen LogP contribution is -2.36. The molecule has 0 radical (unpaired) electrons. The first-order valence-electron chi connectivity index (χ1n) is 7.78. The van der Waals surface area contributed by atoms with Gasteiger partial charge in [0, 0.05) is 13.0 Å². The van der Waals surface area contributed by atoms with E-state index in [2.05, 4.69) is 11.0 Å². The first-order valence-corrected chi connectivity index (χ1v) is 7.78. The smallest absolute Gasteiger partial charge is 0.303 e. The summed E-state index contributed by atoms with van der Waals surface area (Å²) >= 11 is 0. The fourth-order valence-corrected chi connectivity index (χ4v) is 2.88. The van der Waals surface area contributed by atoms with Gasteiger partial charge in [-0.25, -0.2) is 0 Å². The van der Waals surface area contributed by atoms with E-state index >= 15 is 0 Å². The molecular weight excluding hydrogens is 252 g/mol. The fraction of sp³-hybridized carbons (Fsp3) is 0.875. The van der Waals surface area contributed by atoms with Crippen LogP contribution in [0.25, 0.3) is 0 Å². The monoisotopic (exact) mass is 280 g/mol. The topological polar surface area (TPSA) is 64.3 Å². The van der Waals surface area contributed by atoms with Gasteiger partial charge in [0.1, 0.15) is 0 Å². The Kier molecular flexibility index (Phi) is 7.01. The van der Waals surface area contributed by atoms with E-state index in [1.54, 1.807) is 0 Å². The summed E-state index contributed by atoms with van der Waals surface area (Å²) in [5, 5.41) is 17.7. The van der Waals surface area contributed by atoms with Crippen LogP contribution in [0.5, 0.6) is 0 Å². The zero-order valence-electron chi connectivity index (χ0n) is 12.9. The van der Waals surface area contributed by atoms with Gasteiger partial charge in [0.05, 0.1) is 11.5 Å². The molecule has 1 N–H and O–H groups in total. The summed E-state index contributed by atoms with van der Waals surface area (Å²) in [6.45, 7) is 7.27. The van der Waals surface area contributed by atoms with E-state index in [9.17, 15) is 4.79 Å². The molecule has 1 unspecified atom stereocenters. The van der Waals surface area contributed by atoms with Crippen LogP contribution in [-0.4, -0.2) is 35.6 Å². The average molecular weight is 280 g/mol. The van der Waals surface area contributed by atoms with Gasteiger partial charge >= 0.3 is 5.97 Å². The van der Waals surface area contributed by atoms with Crippen molar-refractivity contribution in [2.45, 2.75) is 58.8 Å². The first kappa shape index (κ1) is 17.0. The quantitative estimate of drug-likeness (QED) is 0.693. The molecule has 0 aromatic carbocycles. The lowest BCUT2D eigenvalue weighted by molar-refractivity contribution is -0.137. The summed E-state index contributed by atoms with van der Waals surface area (Å²) in [5.41, 5.74) is -0.202. The summed E-state index contributed by atoms with van der Waals surface area (Å²) in [5.74, 6) is -0.128. The maximum absolute atomic E-state index is 10.6. The van der Waals surface area contributed by atoms with E-state index in [1.165, 1.54) is 12.8 Å². The molecule has 1 saturated heterocycles. The average Bonchev–Trinajstić information content (AvgIpc) is 2.42. The first-order chi connectivity index (χ1) is 9.43. The highest BCUT2D eigenvalue weighted by molar-refractivity contribution is 5.66. The largest absolute Gasteiger partial charge is 0.481 e. The van der Waals surface area contributed by atoms with Crippen molar-refractivity contribution in [3.8, 4) is 6.07 Å². The highest BCUT2D eigenvalue weighted by atomic mass is 16.4. The Balaban J connectivity index is 2.17. The lowest BCUT2D eigenvalue weighted by Gasteiger charge is -2.32. The molecule has 0 aromatic rings. The van der Waals surface area contributed by atoms with Crippen LogP contribution in [-0.2, 0) is 4.79 Å². The molecule has 0 bridgehead atoms. The molecule has 4 nitrogen and oxygen atoms in total. The van der Waals surface area contributed by atoms with Gasteiger partial charge in [0.25, 0.3) is 0 Å². The van der Waals surface area contributed by atoms with Crippen LogP contribution in [0.15, 0.2) is 0 Å². The zero-order valence-corrected chi connectivity index (χ0v) is 12.9. The minimum Gasteiger partial charge on any atom is -0.481 e. The van der Waals surface area contributed by atoms with Crippen molar-refractivity contribution in [2.24, 2.45) is 11.3 Å². The van der Waals surface area contributed by atoms with E-state index < -0.39 is 5.97 Å².